The van der Waals surface area contributed by atoms with Crippen LogP contribution in [0.2, 0.25) is 0 Å². The molecule has 0 aliphatic carbocycles. The maximum atomic E-state index is 11.0. The van der Waals surface area contributed by atoms with Gasteiger partial charge in [-0.25, -0.2) is 4.98 Å². The van der Waals surface area contributed by atoms with E-state index in [0.717, 1.165) is 42.8 Å². The van der Waals surface area contributed by atoms with Crippen LogP contribution < -0.4 is 0 Å². The fourth-order valence-corrected chi connectivity index (χ4v) is 3.16. The van der Waals surface area contributed by atoms with E-state index in [1.807, 2.05) is 23.1 Å². The third-order valence-corrected chi connectivity index (χ3v) is 4.00. The van der Waals surface area contributed by atoms with E-state index in [2.05, 4.69) is 17.6 Å². The van der Waals surface area contributed by atoms with Gasteiger partial charge in [0, 0.05) is 6.54 Å². The molecule has 1 N–H and O–H groups in total. The van der Waals surface area contributed by atoms with Crippen molar-refractivity contribution < 1.29 is 9.90 Å². The molecule has 2 heterocycles. The number of fused-ring (bicyclic) bond motifs is 1. The zero-order chi connectivity index (χ0) is 14.1. The zero-order valence-electron chi connectivity index (χ0n) is 11.6. The van der Waals surface area contributed by atoms with Gasteiger partial charge in [-0.1, -0.05) is 12.1 Å². The van der Waals surface area contributed by atoms with Crippen LogP contribution in [0.3, 0.4) is 0 Å². The van der Waals surface area contributed by atoms with Gasteiger partial charge in [0.25, 0.3) is 0 Å². The van der Waals surface area contributed by atoms with E-state index in [4.69, 9.17) is 10.1 Å². The number of aliphatic carboxylic acids is 1. The molecule has 0 amide bonds. The number of carbonyl (C=O) groups is 1. The zero-order valence-corrected chi connectivity index (χ0v) is 11.6. The van der Waals surface area contributed by atoms with Gasteiger partial charge in [0.1, 0.15) is 5.82 Å². The van der Waals surface area contributed by atoms with Crippen molar-refractivity contribution in [2.24, 2.45) is 0 Å². The molecular formula is C15H19N3O2. The van der Waals surface area contributed by atoms with Crippen LogP contribution >= 0.6 is 0 Å². The summed E-state index contributed by atoms with van der Waals surface area (Å²) in [7, 11) is 0. The van der Waals surface area contributed by atoms with Crippen LogP contribution in [-0.2, 0) is 11.3 Å². The maximum Gasteiger partial charge on any atom is 0.317 e. The van der Waals surface area contributed by atoms with Crippen LogP contribution in [0.25, 0.3) is 11.0 Å². The van der Waals surface area contributed by atoms with E-state index in [-0.39, 0.29) is 12.6 Å². The monoisotopic (exact) mass is 273 g/mol. The molecule has 0 spiro atoms. The van der Waals surface area contributed by atoms with Gasteiger partial charge in [-0.2, -0.15) is 0 Å². The van der Waals surface area contributed by atoms with Crippen molar-refractivity contribution in [3.63, 3.8) is 0 Å². The minimum atomic E-state index is -0.768. The summed E-state index contributed by atoms with van der Waals surface area (Å²) in [5, 5.41) is 9.04. The van der Waals surface area contributed by atoms with E-state index < -0.39 is 5.97 Å². The summed E-state index contributed by atoms with van der Waals surface area (Å²) >= 11 is 0. The second kappa shape index (κ2) is 5.25. The van der Waals surface area contributed by atoms with Crippen molar-refractivity contribution >= 4 is 17.0 Å². The predicted molar refractivity (Wildman–Crippen MR) is 76.6 cm³/mol. The van der Waals surface area contributed by atoms with Crippen molar-refractivity contribution in [1.82, 2.24) is 14.5 Å². The Morgan fingerprint density at radius 3 is 3.00 bits per heavy atom. The average molecular weight is 273 g/mol. The van der Waals surface area contributed by atoms with Gasteiger partial charge < -0.3 is 9.67 Å². The SMILES string of the molecule is CCn1c(C2CCCN2CC(=O)O)nc2ccccc21. The summed E-state index contributed by atoms with van der Waals surface area (Å²) in [6.45, 7) is 3.89. The van der Waals surface area contributed by atoms with Crippen molar-refractivity contribution in [2.75, 3.05) is 13.1 Å². The molecule has 2 aromatic rings. The number of nitrogens with zero attached hydrogens (tertiary/aromatic N) is 3. The molecule has 5 nitrogen and oxygen atoms in total. The normalized spacial score (nSPS) is 19.8. The summed E-state index contributed by atoms with van der Waals surface area (Å²) in [6.07, 6.45) is 2.02. The van der Waals surface area contributed by atoms with Crippen LogP contribution in [0.1, 0.15) is 31.6 Å². The van der Waals surface area contributed by atoms with Crippen LogP contribution in [-0.4, -0.2) is 38.6 Å². The number of carboxylic acid groups (broad SMARTS) is 1. The molecule has 0 bridgehead atoms. The highest BCUT2D eigenvalue weighted by molar-refractivity contribution is 5.76. The van der Waals surface area contributed by atoms with Crippen LogP contribution in [0.5, 0.6) is 0 Å². The molecule has 1 saturated heterocycles. The Hall–Kier alpha value is -1.88. The number of carboxylic acids is 1. The van der Waals surface area contributed by atoms with Crippen molar-refractivity contribution in [1.29, 1.82) is 0 Å². The minimum Gasteiger partial charge on any atom is -0.480 e. The standard InChI is InChI=1S/C15H19N3O2/c1-2-18-12-7-4-3-6-11(12)16-15(18)13-8-5-9-17(13)10-14(19)20/h3-4,6-7,13H,2,5,8-10H2,1H3,(H,19,20). The van der Waals surface area contributed by atoms with Gasteiger partial charge in [0.05, 0.1) is 23.6 Å². The van der Waals surface area contributed by atoms with Gasteiger partial charge >= 0.3 is 5.97 Å². The van der Waals surface area contributed by atoms with Gasteiger partial charge in [-0.15, -0.1) is 0 Å². The second-order valence-electron chi connectivity index (χ2n) is 5.23. The number of benzene rings is 1. The highest BCUT2D eigenvalue weighted by Crippen LogP contribution is 2.32. The van der Waals surface area contributed by atoms with Gasteiger partial charge in [0.2, 0.25) is 0 Å². The Morgan fingerprint density at radius 2 is 2.25 bits per heavy atom. The smallest absolute Gasteiger partial charge is 0.317 e. The first-order valence-electron chi connectivity index (χ1n) is 7.11. The second-order valence-corrected chi connectivity index (χ2v) is 5.23. The number of para-hydroxylation sites is 2. The largest absolute Gasteiger partial charge is 0.480 e. The lowest BCUT2D eigenvalue weighted by Gasteiger charge is -2.22. The Morgan fingerprint density at radius 1 is 1.45 bits per heavy atom. The minimum absolute atomic E-state index is 0.0948. The molecule has 5 heteroatoms. The molecule has 0 radical (unpaired) electrons. The summed E-state index contributed by atoms with van der Waals surface area (Å²) in [5.74, 6) is 0.239. The fraction of sp³-hybridized carbons (Fsp3) is 0.467. The van der Waals surface area contributed by atoms with Crippen LogP contribution in [0, 0.1) is 0 Å². The van der Waals surface area contributed by atoms with Crippen molar-refractivity contribution in [3.8, 4) is 0 Å². The topological polar surface area (TPSA) is 58.4 Å². The summed E-state index contributed by atoms with van der Waals surface area (Å²) in [6, 6.07) is 8.22. The molecular weight excluding hydrogens is 254 g/mol. The molecule has 1 fully saturated rings. The highest BCUT2D eigenvalue weighted by atomic mass is 16.4. The predicted octanol–water partition coefficient (Wildman–Crippen LogP) is 2.28. The third kappa shape index (κ3) is 2.18. The molecule has 106 valence electrons. The lowest BCUT2D eigenvalue weighted by atomic mass is 10.2. The number of aromatic nitrogens is 2. The van der Waals surface area contributed by atoms with E-state index in [1.54, 1.807) is 0 Å². The summed E-state index contributed by atoms with van der Waals surface area (Å²) in [4.78, 5) is 17.8. The maximum absolute atomic E-state index is 11.0. The van der Waals surface area contributed by atoms with Crippen LogP contribution in [0.15, 0.2) is 24.3 Å². The molecule has 1 aliphatic heterocycles. The number of imidazole rings is 1. The number of aryl methyl sites for hydroxylation is 1. The number of rotatable bonds is 4. The average Bonchev–Trinajstić information content (AvgIpc) is 3.00. The van der Waals surface area contributed by atoms with Crippen molar-refractivity contribution in [3.05, 3.63) is 30.1 Å². The summed E-state index contributed by atoms with van der Waals surface area (Å²) in [5.41, 5.74) is 2.12. The lowest BCUT2D eigenvalue weighted by Crippen LogP contribution is -2.30. The first-order chi connectivity index (χ1) is 9.70. The van der Waals surface area contributed by atoms with E-state index in [9.17, 15) is 4.79 Å². The Kier molecular flexibility index (Phi) is 3.44. The van der Waals surface area contributed by atoms with E-state index >= 15 is 0 Å². The van der Waals surface area contributed by atoms with Gasteiger partial charge in [-0.05, 0) is 38.4 Å². The Bertz CT molecular complexity index is 635. The highest BCUT2D eigenvalue weighted by Gasteiger charge is 2.31. The number of likely N-dealkylation sites (tertiary alicyclic amines) is 1. The fourth-order valence-electron chi connectivity index (χ4n) is 3.16. The summed E-state index contributed by atoms with van der Waals surface area (Å²) < 4.78 is 2.21. The molecule has 1 atom stereocenters. The molecule has 3 rings (SSSR count). The van der Waals surface area contributed by atoms with Gasteiger partial charge in [0.15, 0.2) is 0 Å². The molecule has 20 heavy (non-hydrogen) atoms. The van der Waals surface area contributed by atoms with Crippen molar-refractivity contribution in [2.45, 2.75) is 32.4 Å². The van der Waals surface area contributed by atoms with E-state index in [1.165, 1.54) is 0 Å². The van der Waals surface area contributed by atoms with Crippen LogP contribution in [0.4, 0.5) is 0 Å². The molecule has 1 unspecified atom stereocenters. The number of hydrogen-bond acceptors (Lipinski definition) is 3. The first-order valence-corrected chi connectivity index (χ1v) is 7.11. The first kappa shape index (κ1) is 13.1. The molecule has 1 aromatic carbocycles. The van der Waals surface area contributed by atoms with Gasteiger partial charge in [-0.3, -0.25) is 9.69 Å². The molecule has 1 aromatic heterocycles. The molecule has 0 saturated carbocycles. The Labute approximate surface area is 117 Å². The number of hydrogen-bond donors (Lipinski definition) is 1. The van der Waals surface area contributed by atoms with E-state index in [0.29, 0.717) is 0 Å². The lowest BCUT2D eigenvalue weighted by molar-refractivity contribution is -0.138. The molecule has 1 aliphatic rings. The third-order valence-electron chi connectivity index (χ3n) is 4.00. The quantitative estimate of drug-likeness (QED) is 0.928. The Balaban J connectivity index is 2.02.